The molecule has 9 heteroatoms. The van der Waals surface area contributed by atoms with Gasteiger partial charge in [0.2, 0.25) is 0 Å². The van der Waals surface area contributed by atoms with Crippen LogP contribution < -0.4 is 4.72 Å². The topological polar surface area (TPSA) is 132 Å². The van der Waals surface area contributed by atoms with Gasteiger partial charge in [0.1, 0.15) is 5.56 Å². The molecule has 1 rings (SSSR count). The molecule has 0 amide bonds. The molecule has 0 saturated heterocycles. The first-order valence-corrected chi connectivity index (χ1v) is 6.67. The number of carbonyl (C=O) groups is 1. The minimum absolute atomic E-state index is 0.138. The van der Waals surface area contributed by atoms with E-state index in [4.69, 9.17) is 10.2 Å². The molecular weight excluding hydrogens is 262 g/mol. The molecule has 0 spiro atoms. The molecule has 0 aliphatic carbocycles. The first kappa shape index (κ1) is 14.6. The molecule has 1 aromatic heterocycles. The SMILES string of the molecule is CC(C)C(CO)NS(=O)(=O)c1[nH]ncc1C(=O)O. The Labute approximate surface area is 104 Å². The van der Waals surface area contributed by atoms with Crippen molar-refractivity contribution in [1.29, 1.82) is 0 Å². The number of aliphatic hydroxyl groups is 1. The standard InChI is InChI=1S/C9H15N3O5S/c1-5(2)7(4-13)12-18(16,17)8-6(9(14)15)3-10-11-8/h3,5,7,12-13H,4H2,1-2H3,(H,10,11)(H,14,15). The number of hydrogen-bond acceptors (Lipinski definition) is 5. The molecule has 0 saturated carbocycles. The Balaban J connectivity index is 3.07. The monoisotopic (exact) mass is 277 g/mol. The number of carboxylic acid groups (broad SMARTS) is 1. The van der Waals surface area contributed by atoms with Crippen LogP contribution in [0.15, 0.2) is 11.2 Å². The van der Waals surface area contributed by atoms with E-state index >= 15 is 0 Å². The van der Waals surface area contributed by atoms with Gasteiger partial charge in [-0.2, -0.15) is 5.10 Å². The molecule has 1 unspecified atom stereocenters. The van der Waals surface area contributed by atoms with Crippen molar-refractivity contribution >= 4 is 16.0 Å². The van der Waals surface area contributed by atoms with E-state index in [2.05, 4.69) is 14.9 Å². The molecule has 0 radical (unpaired) electrons. The molecular formula is C9H15N3O5S. The van der Waals surface area contributed by atoms with Crippen LogP contribution in [0, 0.1) is 5.92 Å². The van der Waals surface area contributed by atoms with Crippen molar-refractivity contribution in [3.63, 3.8) is 0 Å². The summed E-state index contributed by atoms with van der Waals surface area (Å²) in [7, 11) is -4.06. The third kappa shape index (κ3) is 3.06. The van der Waals surface area contributed by atoms with Gasteiger partial charge in [-0.05, 0) is 5.92 Å². The molecule has 0 bridgehead atoms. The average molecular weight is 277 g/mol. The molecule has 1 atom stereocenters. The van der Waals surface area contributed by atoms with Crippen molar-refractivity contribution in [3.05, 3.63) is 11.8 Å². The van der Waals surface area contributed by atoms with Crippen LogP contribution in [0.3, 0.4) is 0 Å². The van der Waals surface area contributed by atoms with Crippen LogP contribution >= 0.6 is 0 Å². The Bertz CT molecular complexity index is 522. The lowest BCUT2D eigenvalue weighted by molar-refractivity contribution is 0.0692. The second kappa shape index (κ2) is 5.46. The lowest BCUT2D eigenvalue weighted by atomic mass is 10.1. The second-order valence-corrected chi connectivity index (χ2v) is 5.72. The molecule has 0 aromatic carbocycles. The molecule has 1 aromatic rings. The Morgan fingerprint density at radius 3 is 2.61 bits per heavy atom. The highest BCUT2D eigenvalue weighted by atomic mass is 32.2. The summed E-state index contributed by atoms with van der Waals surface area (Å²) < 4.78 is 26.1. The highest BCUT2D eigenvalue weighted by Crippen LogP contribution is 2.13. The molecule has 1 heterocycles. The van der Waals surface area contributed by atoms with Gasteiger partial charge in [-0.1, -0.05) is 13.8 Å². The third-order valence-corrected chi connectivity index (χ3v) is 3.87. The Hall–Kier alpha value is -1.45. The number of nitrogens with one attached hydrogen (secondary N) is 2. The Morgan fingerprint density at radius 1 is 1.56 bits per heavy atom. The normalized spacial score (nSPS) is 13.8. The van der Waals surface area contributed by atoms with Gasteiger partial charge in [-0.15, -0.1) is 0 Å². The third-order valence-electron chi connectivity index (χ3n) is 2.41. The number of rotatable bonds is 6. The quantitative estimate of drug-likeness (QED) is 0.549. The molecule has 4 N–H and O–H groups in total. The lowest BCUT2D eigenvalue weighted by Gasteiger charge is -2.19. The predicted octanol–water partition coefficient (Wildman–Crippen LogP) is -0.597. The first-order chi connectivity index (χ1) is 8.29. The molecule has 0 aliphatic rings. The highest BCUT2D eigenvalue weighted by molar-refractivity contribution is 7.89. The summed E-state index contributed by atoms with van der Waals surface area (Å²) in [6.07, 6.45) is 0.917. The largest absolute Gasteiger partial charge is 0.478 e. The number of hydrogen-bond donors (Lipinski definition) is 4. The van der Waals surface area contributed by atoms with Gasteiger partial charge >= 0.3 is 5.97 Å². The lowest BCUT2D eigenvalue weighted by Crippen LogP contribution is -2.41. The van der Waals surface area contributed by atoms with Crippen LogP contribution in [-0.2, 0) is 10.0 Å². The van der Waals surface area contributed by atoms with Crippen molar-refractivity contribution in [2.24, 2.45) is 5.92 Å². The minimum atomic E-state index is -4.06. The Kier molecular flexibility index (Phi) is 4.43. The number of aromatic amines is 1. The number of H-pyrrole nitrogens is 1. The summed E-state index contributed by atoms with van der Waals surface area (Å²) in [6.45, 7) is 3.08. The summed E-state index contributed by atoms with van der Waals surface area (Å²) in [4.78, 5) is 10.8. The van der Waals surface area contributed by atoms with Gasteiger partial charge in [0, 0.05) is 6.04 Å². The summed E-state index contributed by atoms with van der Waals surface area (Å²) in [6, 6.07) is -0.694. The van der Waals surface area contributed by atoms with E-state index in [1.807, 2.05) is 0 Å². The van der Waals surface area contributed by atoms with Crippen molar-refractivity contribution in [3.8, 4) is 0 Å². The van der Waals surface area contributed by atoms with E-state index in [-0.39, 0.29) is 12.5 Å². The number of aliphatic hydroxyl groups excluding tert-OH is 1. The van der Waals surface area contributed by atoms with Crippen LogP contribution in [-0.4, -0.2) is 47.4 Å². The summed E-state index contributed by atoms with van der Waals surface area (Å²) in [5.74, 6) is -1.53. The molecule has 0 fully saturated rings. The number of carboxylic acids is 1. The van der Waals surface area contributed by atoms with Gasteiger partial charge < -0.3 is 10.2 Å². The maximum Gasteiger partial charge on any atom is 0.340 e. The zero-order chi connectivity index (χ0) is 13.9. The van der Waals surface area contributed by atoms with E-state index in [9.17, 15) is 13.2 Å². The summed E-state index contributed by atoms with van der Waals surface area (Å²) in [5, 5.41) is 22.9. The van der Waals surface area contributed by atoms with Gasteiger partial charge in [0.25, 0.3) is 10.0 Å². The second-order valence-electron chi connectivity index (χ2n) is 4.07. The predicted molar refractivity (Wildman–Crippen MR) is 61.6 cm³/mol. The maximum absolute atomic E-state index is 11.9. The zero-order valence-corrected chi connectivity index (χ0v) is 10.7. The van der Waals surface area contributed by atoms with Gasteiger partial charge in [0.05, 0.1) is 12.8 Å². The van der Waals surface area contributed by atoms with E-state index in [1.54, 1.807) is 13.8 Å². The molecule has 18 heavy (non-hydrogen) atoms. The highest BCUT2D eigenvalue weighted by Gasteiger charge is 2.28. The number of sulfonamides is 1. The fourth-order valence-corrected chi connectivity index (χ4v) is 2.74. The van der Waals surface area contributed by atoms with E-state index < -0.39 is 32.6 Å². The van der Waals surface area contributed by atoms with Crippen LogP contribution in [0.1, 0.15) is 24.2 Å². The van der Waals surface area contributed by atoms with Crippen LogP contribution in [0.4, 0.5) is 0 Å². The fraction of sp³-hybridized carbons (Fsp3) is 0.556. The minimum Gasteiger partial charge on any atom is -0.478 e. The van der Waals surface area contributed by atoms with Crippen molar-refractivity contribution < 1.29 is 23.4 Å². The number of aromatic nitrogens is 2. The average Bonchev–Trinajstić information content (AvgIpc) is 2.75. The zero-order valence-electron chi connectivity index (χ0n) is 9.91. The first-order valence-electron chi connectivity index (χ1n) is 5.19. The smallest absolute Gasteiger partial charge is 0.340 e. The number of nitrogens with zero attached hydrogens (tertiary/aromatic N) is 1. The molecule has 0 aliphatic heterocycles. The fourth-order valence-electron chi connectivity index (χ4n) is 1.27. The van der Waals surface area contributed by atoms with Crippen molar-refractivity contribution in [2.75, 3.05) is 6.61 Å². The van der Waals surface area contributed by atoms with Crippen LogP contribution in [0.2, 0.25) is 0 Å². The van der Waals surface area contributed by atoms with Gasteiger partial charge in [-0.3, -0.25) is 5.10 Å². The van der Waals surface area contributed by atoms with Crippen molar-refractivity contribution in [2.45, 2.75) is 24.9 Å². The Morgan fingerprint density at radius 2 is 2.17 bits per heavy atom. The summed E-state index contributed by atoms with van der Waals surface area (Å²) in [5.41, 5.74) is -0.442. The van der Waals surface area contributed by atoms with Crippen LogP contribution in [0.5, 0.6) is 0 Å². The van der Waals surface area contributed by atoms with Gasteiger partial charge in [-0.25, -0.2) is 17.9 Å². The van der Waals surface area contributed by atoms with E-state index in [0.717, 1.165) is 6.20 Å². The van der Waals surface area contributed by atoms with Crippen LogP contribution in [0.25, 0.3) is 0 Å². The maximum atomic E-state index is 11.9. The van der Waals surface area contributed by atoms with E-state index in [1.165, 1.54) is 0 Å². The number of aromatic carboxylic acids is 1. The molecule has 8 nitrogen and oxygen atoms in total. The summed E-state index contributed by atoms with van der Waals surface area (Å²) >= 11 is 0. The van der Waals surface area contributed by atoms with Gasteiger partial charge in [0.15, 0.2) is 5.03 Å². The van der Waals surface area contributed by atoms with E-state index in [0.29, 0.717) is 0 Å². The molecule has 102 valence electrons. The van der Waals surface area contributed by atoms with Crippen molar-refractivity contribution in [1.82, 2.24) is 14.9 Å².